The highest BCUT2D eigenvalue weighted by Gasteiger charge is 2.16. The fraction of sp³-hybridized carbons (Fsp3) is 0.333. The van der Waals surface area contributed by atoms with Gasteiger partial charge in [0.15, 0.2) is 5.78 Å². The van der Waals surface area contributed by atoms with Crippen LogP contribution < -0.4 is 0 Å². The van der Waals surface area contributed by atoms with Gasteiger partial charge in [0.05, 0.1) is 17.8 Å². The Morgan fingerprint density at radius 3 is 2.47 bits per heavy atom. The minimum Gasteiger partial charge on any atom is -0.294 e. The molecule has 0 aliphatic heterocycles. The summed E-state index contributed by atoms with van der Waals surface area (Å²) in [6.45, 7) is 6.47. The maximum Gasteiger partial charge on any atom is 0.166 e. The van der Waals surface area contributed by atoms with Crippen LogP contribution in [0.25, 0.3) is 0 Å². The van der Waals surface area contributed by atoms with Gasteiger partial charge in [0.25, 0.3) is 0 Å². The molecule has 0 atom stereocenters. The van der Waals surface area contributed by atoms with Crippen LogP contribution >= 0.6 is 22.6 Å². The van der Waals surface area contributed by atoms with Crippen LogP contribution in [0, 0.1) is 17.4 Å². The lowest BCUT2D eigenvalue weighted by atomic mass is 10.1. The molecule has 4 heteroatoms. The number of carbonyl (C=O) groups is 1. The van der Waals surface area contributed by atoms with E-state index in [1.165, 1.54) is 9.13 Å². The summed E-state index contributed by atoms with van der Waals surface area (Å²) in [4.78, 5) is 11.9. The molecule has 0 amide bonds. The Bertz CT molecular complexity index is 599. The molecule has 0 aliphatic rings. The summed E-state index contributed by atoms with van der Waals surface area (Å²) < 4.78 is 3.14. The summed E-state index contributed by atoms with van der Waals surface area (Å²) in [5, 5.41) is 4.49. The van der Waals surface area contributed by atoms with Gasteiger partial charge in [-0.1, -0.05) is 19.1 Å². The van der Waals surface area contributed by atoms with Gasteiger partial charge in [0.1, 0.15) is 0 Å². The standard InChI is InChI=1S/C15H17IN2O/c1-4-14(19)15-10(2)17-18(11(15)3)9-12-5-7-13(16)8-6-12/h5-8H,4,9H2,1-3H3. The predicted molar refractivity (Wildman–Crippen MR) is 84.6 cm³/mol. The van der Waals surface area contributed by atoms with E-state index in [1.807, 2.05) is 25.5 Å². The van der Waals surface area contributed by atoms with Gasteiger partial charge in [-0.25, -0.2) is 0 Å². The highest BCUT2D eigenvalue weighted by molar-refractivity contribution is 14.1. The second kappa shape index (κ2) is 5.86. The summed E-state index contributed by atoms with van der Waals surface area (Å²) >= 11 is 2.29. The number of ketones is 1. The molecule has 0 saturated heterocycles. The third-order valence-electron chi connectivity index (χ3n) is 3.23. The normalized spacial score (nSPS) is 10.7. The molecule has 0 spiro atoms. The third-order valence-corrected chi connectivity index (χ3v) is 3.95. The average Bonchev–Trinajstić information content (AvgIpc) is 2.66. The molecule has 2 aromatic rings. The van der Waals surface area contributed by atoms with Crippen LogP contribution in [-0.4, -0.2) is 15.6 Å². The first-order valence-electron chi connectivity index (χ1n) is 6.34. The SMILES string of the molecule is CCC(=O)c1c(C)nn(Cc2ccc(I)cc2)c1C. The Morgan fingerprint density at radius 1 is 1.26 bits per heavy atom. The highest BCUT2D eigenvalue weighted by atomic mass is 127. The van der Waals surface area contributed by atoms with Crippen molar-refractivity contribution in [2.45, 2.75) is 33.7 Å². The Balaban J connectivity index is 2.31. The van der Waals surface area contributed by atoms with Gasteiger partial charge in [-0.05, 0) is 54.1 Å². The lowest BCUT2D eigenvalue weighted by molar-refractivity contribution is 0.0987. The largest absolute Gasteiger partial charge is 0.294 e. The molecule has 100 valence electrons. The summed E-state index contributed by atoms with van der Waals surface area (Å²) in [5.74, 6) is 0.170. The maximum atomic E-state index is 11.9. The first-order valence-corrected chi connectivity index (χ1v) is 7.42. The fourth-order valence-electron chi connectivity index (χ4n) is 2.19. The van der Waals surface area contributed by atoms with Crippen molar-refractivity contribution >= 4 is 28.4 Å². The molecule has 3 nitrogen and oxygen atoms in total. The molecule has 0 fully saturated rings. The number of halogens is 1. The number of aryl methyl sites for hydroxylation is 1. The minimum atomic E-state index is 0.170. The van der Waals surface area contributed by atoms with Crippen molar-refractivity contribution in [2.24, 2.45) is 0 Å². The van der Waals surface area contributed by atoms with E-state index in [4.69, 9.17) is 0 Å². The smallest absolute Gasteiger partial charge is 0.166 e. The van der Waals surface area contributed by atoms with Gasteiger partial charge in [-0.3, -0.25) is 9.48 Å². The maximum absolute atomic E-state index is 11.9. The molecule has 0 saturated carbocycles. The number of nitrogens with zero attached hydrogens (tertiary/aromatic N) is 2. The second-order valence-electron chi connectivity index (χ2n) is 4.61. The zero-order valence-electron chi connectivity index (χ0n) is 11.4. The quantitative estimate of drug-likeness (QED) is 0.609. The lowest BCUT2D eigenvalue weighted by Gasteiger charge is -2.05. The fourth-order valence-corrected chi connectivity index (χ4v) is 2.55. The first-order chi connectivity index (χ1) is 9.02. The van der Waals surface area contributed by atoms with Crippen LogP contribution in [-0.2, 0) is 6.54 Å². The predicted octanol–water partition coefficient (Wildman–Crippen LogP) is 3.75. The molecular formula is C15H17IN2O. The van der Waals surface area contributed by atoms with Crippen molar-refractivity contribution in [2.75, 3.05) is 0 Å². The van der Waals surface area contributed by atoms with Crippen molar-refractivity contribution in [1.29, 1.82) is 0 Å². The van der Waals surface area contributed by atoms with Gasteiger partial charge in [-0.15, -0.1) is 0 Å². The molecule has 19 heavy (non-hydrogen) atoms. The summed E-state index contributed by atoms with van der Waals surface area (Å²) in [5.41, 5.74) is 3.77. The van der Waals surface area contributed by atoms with E-state index in [9.17, 15) is 4.79 Å². The van der Waals surface area contributed by atoms with Gasteiger partial charge in [-0.2, -0.15) is 5.10 Å². The Morgan fingerprint density at radius 2 is 1.89 bits per heavy atom. The number of carbonyl (C=O) groups excluding carboxylic acids is 1. The number of hydrogen-bond acceptors (Lipinski definition) is 2. The zero-order chi connectivity index (χ0) is 14.0. The van der Waals surface area contributed by atoms with Crippen LogP contribution in [0.3, 0.4) is 0 Å². The zero-order valence-corrected chi connectivity index (χ0v) is 13.6. The molecule has 1 aromatic carbocycles. The van der Waals surface area contributed by atoms with Gasteiger partial charge in [0, 0.05) is 15.7 Å². The number of Topliss-reactive ketones (excluding diaryl/α,β-unsaturated/α-hetero) is 1. The molecule has 0 radical (unpaired) electrons. The van der Waals surface area contributed by atoms with Crippen LogP contribution in [0.2, 0.25) is 0 Å². The molecule has 1 heterocycles. The van der Waals surface area contributed by atoms with Crippen LogP contribution in [0.1, 0.15) is 40.7 Å². The number of hydrogen-bond donors (Lipinski definition) is 0. The Kier molecular flexibility index (Phi) is 4.39. The number of rotatable bonds is 4. The van der Waals surface area contributed by atoms with Gasteiger partial charge >= 0.3 is 0 Å². The van der Waals surface area contributed by atoms with E-state index in [1.54, 1.807) is 0 Å². The van der Waals surface area contributed by atoms with Crippen molar-refractivity contribution in [3.05, 3.63) is 50.4 Å². The first kappa shape index (κ1) is 14.2. The Hall–Kier alpha value is -1.17. The summed E-state index contributed by atoms with van der Waals surface area (Å²) in [6, 6.07) is 8.36. The molecule has 0 aliphatic carbocycles. The molecule has 1 aromatic heterocycles. The van der Waals surface area contributed by atoms with Crippen molar-refractivity contribution < 1.29 is 4.79 Å². The van der Waals surface area contributed by atoms with E-state index < -0.39 is 0 Å². The number of benzene rings is 1. The summed E-state index contributed by atoms with van der Waals surface area (Å²) in [7, 11) is 0. The van der Waals surface area contributed by atoms with E-state index >= 15 is 0 Å². The second-order valence-corrected chi connectivity index (χ2v) is 5.85. The van der Waals surface area contributed by atoms with E-state index in [0.29, 0.717) is 13.0 Å². The topological polar surface area (TPSA) is 34.9 Å². The lowest BCUT2D eigenvalue weighted by Crippen LogP contribution is -2.05. The van der Waals surface area contributed by atoms with Gasteiger partial charge in [0.2, 0.25) is 0 Å². The molecule has 0 bridgehead atoms. The van der Waals surface area contributed by atoms with Crippen LogP contribution in [0.5, 0.6) is 0 Å². The molecular weight excluding hydrogens is 351 g/mol. The van der Waals surface area contributed by atoms with E-state index in [2.05, 4.69) is 52.0 Å². The monoisotopic (exact) mass is 368 g/mol. The minimum absolute atomic E-state index is 0.170. The van der Waals surface area contributed by atoms with Crippen LogP contribution in [0.15, 0.2) is 24.3 Å². The Labute approximate surface area is 127 Å². The molecule has 0 unspecified atom stereocenters. The highest BCUT2D eigenvalue weighted by Crippen LogP contribution is 2.17. The van der Waals surface area contributed by atoms with Crippen molar-refractivity contribution in [3.8, 4) is 0 Å². The average molecular weight is 368 g/mol. The molecule has 2 rings (SSSR count). The van der Waals surface area contributed by atoms with E-state index in [-0.39, 0.29) is 5.78 Å². The van der Waals surface area contributed by atoms with Crippen LogP contribution in [0.4, 0.5) is 0 Å². The third kappa shape index (κ3) is 3.05. The van der Waals surface area contributed by atoms with Crippen molar-refractivity contribution in [1.82, 2.24) is 9.78 Å². The van der Waals surface area contributed by atoms with Crippen molar-refractivity contribution in [3.63, 3.8) is 0 Å². The van der Waals surface area contributed by atoms with Gasteiger partial charge < -0.3 is 0 Å². The summed E-state index contributed by atoms with van der Waals surface area (Å²) in [6.07, 6.45) is 0.525. The van der Waals surface area contributed by atoms with E-state index in [0.717, 1.165) is 17.0 Å². The molecule has 0 N–H and O–H groups in total. The number of aromatic nitrogens is 2.